The highest BCUT2D eigenvalue weighted by atomic mass is 16.1. The number of aromatic nitrogens is 2. The van der Waals surface area contributed by atoms with Gasteiger partial charge in [0.05, 0.1) is 5.69 Å². The summed E-state index contributed by atoms with van der Waals surface area (Å²) in [5, 5.41) is 5.21. The minimum Gasteiger partial charge on any atom is -0.351 e. The maximum absolute atomic E-state index is 12.6. The lowest BCUT2D eigenvalue weighted by Gasteiger charge is -2.08. The number of amides is 1. The number of nitrogens with zero attached hydrogens (tertiary/aromatic N) is 2. The Balaban J connectivity index is 1.71. The van der Waals surface area contributed by atoms with Gasteiger partial charge in [-0.3, -0.25) is 4.79 Å². The van der Waals surface area contributed by atoms with Crippen LogP contribution in [-0.4, -0.2) is 15.0 Å². The van der Waals surface area contributed by atoms with Gasteiger partial charge in [-0.25, -0.2) is 0 Å². The van der Waals surface area contributed by atoms with Crippen molar-refractivity contribution in [2.24, 2.45) is 14.1 Å². The van der Waals surface area contributed by atoms with Gasteiger partial charge in [-0.15, -0.1) is 0 Å². The zero-order valence-electron chi connectivity index (χ0n) is 13.1. The fraction of sp³-hybridized carbons (Fsp3) is 0.105. The first-order valence-corrected chi connectivity index (χ1v) is 7.54. The van der Waals surface area contributed by atoms with E-state index in [-0.39, 0.29) is 5.91 Å². The summed E-state index contributed by atoms with van der Waals surface area (Å²) in [4.78, 5) is 12.6. The molecule has 4 heteroatoms. The Morgan fingerprint density at radius 2 is 1.70 bits per heavy atom. The van der Waals surface area contributed by atoms with Crippen LogP contribution in [0.4, 0.5) is 5.69 Å². The minimum atomic E-state index is -0.0931. The largest absolute Gasteiger partial charge is 0.351 e. The van der Waals surface area contributed by atoms with Gasteiger partial charge >= 0.3 is 0 Å². The smallest absolute Gasteiger partial charge is 0.255 e. The average molecular weight is 303 g/mol. The highest BCUT2D eigenvalue weighted by Gasteiger charge is 2.11. The van der Waals surface area contributed by atoms with Crippen LogP contribution in [0, 0.1) is 0 Å². The molecule has 1 amide bonds. The van der Waals surface area contributed by atoms with Gasteiger partial charge in [0.25, 0.3) is 5.91 Å². The second-order valence-corrected chi connectivity index (χ2v) is 5.82. The zero-order chi connectivity index (χ0) is 16.0. The first-order chi connectivity index (χ1) is 11.1. The zero-order valence-corrected chi connectivity index (χ0v) is 13.1. The fourth-order valence-electron chi connectivity index (χ4n) is 3.01. The van der Waals surface area contributed by atoms with Crippen LogP contribution in [-0.2, 0) is 14.1 Å². The third kappa shape index (κ3) is 2.19. The Hall–Kier alpha value is -3.01. The Kier molecular flexibility index (Phi) is 2.98. The fourth-order valence-corrected chi connectivity index (χ4v) is 3.01. The van der Waals surface area contributed by atoms with Crippen molar-refractivity contribution in [3.8, 4) is 0 Å². The summed E-state index contributed by atoms with van der Waals surface area (Å²) in [6.45, 7) is 0. The van der Waals surface area contributed by atoms with Crippen molar-refractivity contribution in [2.75, 3.05) is 5.32 Å². The van der Waals surface area contributed by atoms with E-state index in [4.69, 9.17) is 0 Å². The summed E-state index contributed by atoms with van der Waals surface area (Å²) in [7, 11) is 3.98. The standard InChI is InChI=1S/C19H17N3O/c1-21-11-9-15-16(4-3-5-17(15)21)20-19(23)14-7-6-13-8-10-22(2)18(13)12-14/h3-12H,1-2H3,(H,20,23). The molecule has 2 aromatic heterocycles. The number of rotatable bonds is 2. The van der Waals surface area contributed by atoms with Crippen molar-refractivity contribution < 1.29 is 4.79 Å². The van der Waals surface area contributed by atoms with E-state index in [9.17, 15) is 4.79 Å². The number of benzene rings is 2. The molecule has 0 fully saturated rings. The van der Waals surface area contributed by atoms with Gasteiger partial charge in [0.1, 0.15) is 0 Å². The SMILES string of the molecule is Cn1ccc2ccc(C(=O)Nc3cccc4c3ccn4C)cc21. The molecule has 4 nitrogen and oxygen atoms in total. The molecule has 0 saturated heterocycles. The molecule has 1 N–H and O–H groups in total. The molecule has 0 atom stereocenters. The lowest BCUT2D eigenvalue weighted by atomic mass is 10.1. The lowest BCUT2D eigenvalue weighted by Crippen LogP contribution is -2.12. The van der Waals surface area contributed by atoms with Gasteiger partial charge in [0.15, 0.2) is 0 Å². The Morgan fingerprint density at radius 1 is 0.913 bits per heavy atom. The molecule has 0 aliphatic carbocycles. The highest BCUT2D eigenvalue weighted by molar-refractivity contribution is 6.10. The Labute approximate surface area is 133 Å². The van der Waals surface area contributed by atoms with Gasteiger partial charge in [0.2, 0.25) is 0 Å². The van der Waals surface area contributed by atoms with E-state index >= 15 is 0 Å². The van der Waals surface area contributed by atoms with Crippen LogP contribution < -0.4 is 5.32 Å². The van der Waals surface area contributed by atoms with Gasteiger partial charge in [-0.05, 0) is 41.8 Å². The van der Waals surface area contributed by atoms with Crippen molar-refractivity contribution in [2.45, 2.75) is 0 Å². The molecule has 0 saturated carbocycles. The molecular weight excluding hydrogens is 286 g/mol. The number of hydrogen-bond acceptors (Lipinski definition) is 1. The quantitative estimate of drug-likeness (QED) is 0.599. The van der Waals surface area contributed by atoms with Crippen molar-refractivity contribution >= 4 is 33.4 Å². The van der Waals surface area contributed by atoms with Crippen molar-refractivity contribution in [1.29, 1.82) is 0 Å². The summed E-state index contributed by atoms with van der Waals surface area (Å²) < 4.78 is 4.06. The normalized spacial score (nSPS) is 11.2. The second kappa shape index (κ2) is 5.02. The average Bonchev–Trinajstić information content (AvgIpc) is 3.12. The van der Waals surface area contributed by atoms with Crippen LogP contribution in [0.5, 0.6) is 0 Å². The molecule has 0 aliphatic heterocycles. The van der Waals surface area contributed by atoms with Crippen LogP contribution in [0.1, 0.15) is 10.4 Å². The van der Waals surface area contributed by atoms with E-state index in [1.807, 2.05) is 84.2 Å². The van der Waals surface area contributed by atoms with Crippen LogP contribution in [0.3, 0.4) is 0 Å². The molecule has 2 aromatic carbocycles. The topological polar surface area (TPSA) is 39.0 Å². The number of nitrogens with one attached hydrogen (secondary N) is 1. The lowest BCUT2D eigenvalue weighted by molar-refractivity contribution is 0.102. The number of aryl methyl sites for hydroxylation is 2. The molecule has 0 bridgehead atoms. The number of anilines is 1. The van der Waals surface area contributed by atoms with E-state index < -0.39 is 0 Å². The Bertz CT molecular complexity index is 1040. The molecule has 23 heavy (non-hydrogen) atoms. The summed E-state index contributed by atoms with van der Waals surface area (Å²) >= 11 is 0. The summed E-state index contributed by atoms with van der Waals surface area (Å²) in [5.74, 6) is -0.0931. The van der Waals surface area contributed by atoms with Crippen LogP contribution in [0.2, 0.25) is 0 Å². The molecule has 2 heterocycles. The maximum atomic E-state index is 12.6. The second-order valence-electron chi connectivity index (χ2n) is 5.82. The monoisotopic (exact) mass is 303 g/mol. The van der Waals surface area contributed by atoms with E-state index in [0.717, 1.165) is 27.5 Å². The number of carbonyl (C=O) groups is 1. The van der Waals surface area contributed by atoms with Crippen molar-refractivity contribution in [3.63, 3.8) is 0 Å². The summed E-state index contributed by atoms with van der Waals surface area (Å²) in [5.41, 5.74) is 3.64. The predicted molar refractivity (Wildman–Crippen MR) is 93.8 cm³/mol. The molecule has 4 aromatic rings. The predicted octanol–water partition coefficient (Wildman–Crippen LogP) is 3.92. The number of hydrogen-bond donors (Lipinski definition) is 1. The van der Waals surface area contributed by atoms with Gasteiger partial charge in [-0.2, -0.15) is 0 Å². The first kappa shape index (κ1) is 13.6. The molecule has 0 radical (unpaired) electrons. The molecule has 0 aliphatic rings. The summed E-state index contributed by atoms with van der Waals surface area (Å²) in [6.07, 6.45) is 3.99. The van der Waals surface area contributed by atoms with E-state index in [2.05, 4.69) is 5.32 Å². The van der Waals surface area contributed by atoms with E-state index in [1.165, 1.54) is 0 Å². The first-order valence-electron chi connectivity index (χ1n) is 7.54. The van der Waals surface area contributed by atoms with Gasteiger partial charge < -0.3 is 14.5 Å². The highest BCUT2D eigenvalue weighted by Crippen LogP contribution is 2.25. The molecule has 4 rings (SSSR count). The molecule has 0 unspecified atom stereocenters. The van der Waals surface area contributed by atoms with Gasteiger partial charge in [0, 0.05) is 48.5 Å². The molecular formula is C19H17N3O. The molecule has 114 valence electrons. The van der Waals surface area contributed by atoms with Crippen molar-refractivity contribution in [1.82, 2.24) is 9.13 Å². The van der Waals surface area contributed by atoms with Crippen molar-refractivity contribution in [3.05, 3.63) is 66.5 Å². The number of carbonyl (C=O) groups excluding carboxylic acids is 1. The van der Waals surface area contributed by atoms with E-state index in [0.29, 0.717) is 5.56 Å². The molecule has 0 spiro atoms. The van der Waals surface area contributed by atoms with Gasteiger partial charge in [-0.1, -0.05) is 12.1 Å². The summed E-state index contributed by atoms with van der Waals surface area (Å²) in [6, 6.07) is 15.8. The van der Waals surface area contributed by atoms with E-state index in [1.54, 1.807) is 0 Å². The maximum Gasteiger partial charge on any atom is 0.255 e. The van der Waals surface area contributed by atoms with Crippen LogP contribution in [0.15, 0.2) is 60.9 Å². The van der Waals surface area contributed by atoms with Crippen LogP contribution in [0.25, 0.3) is 21.8 Å². The number of fused-ring (bicyclic) bond motifs is 2. The minimum absolute atomic E-state index is 0.0931. The Morgan fingerprint density at radius 3 is 2.57 bits per heavy atom. The third-order valence-corrected chi connectivity index (χ3v) is 4.33. The van der Waals surface area contributed by atoms with Crippen LogP contribution >= 0.6 is 0 Å². The third-order valence-electron chi connectivity index (χ3n) is 4.33.